The van der Waals surface area contributed by atoms with Gasteiger partial charge in [-0.25, -0.2) is 0 Å². The summed E-state index contributed by atoms with van der Waals surface area (Å²) in [4.78, 5) is 2.46. The zero-order valence-electron chi connectivity index (χ0n) is 44.5. The van der Waals surface area contributed by atoms with Gasteiger partial charge in [-0.05, 0) is 121 Å². The summed E-state index contributed by atoms with van der Waals surface area (Å²) in [5.74, 6) is 1.73. The molecule has 0 aliphatic carbocycles. The molecule has 0 bridgehead atoms. The molecule has 5 heteroatoms. The van der Waals surface area contributed by atoms with E-state index >= 15 is 0 Å². The van der Waals surface area contributed by atoms with Gasteiger partial charge in [0.05, 0.1) is 11.0 Å². The number of furan rings is 1. The van der Waals surface area contributed by atoms with Crippen molar-refractivity contribution < 1.29 is 4.42 Å². The van der Waals surface area contributed by atoms with Crippen LogP contribution in [0.3, 0.4) is 0 Å². The van der Waals surface area contributed by atoms with Gasteiger partial charge < -0.3 is 13.5 Å². The fourth-order valence-corrected chi connectivity index (χ4v) is 12.2. The Morgan fingerprint density at radius 1 is 0.411 bits per heavy atom. The van der Waals surface area contributed by atoms with Gasteiger partial charge in [0.2, 0.25) is 5.88 Å². The van der Waals surface area contributed by atoms with Gasteiger partial charge in [0.25, 0.3) is 0 Å². The molecule has 0 amide bonds. The second kappa shape index (κ2) is 15.5. The van der Waals surface area contributed by atoms with Crippen molar-refractivity contribution in [1.82, 2.24) is 9.05 Å². The van der Waals surface area contributed by atoms with Gasteiger partial charge in [-0.3, -0.25) is 4.90 Å². The van der Waals surface area contributed by atoms with Gasteiger partial charge >= 0.3 is 6.85 Å². The Bertz CT molecular complexity index is 4030. The lowest BCUT2D eigenvalue weighted by molar-refractivity contribution is 0.585. The van der Waals surface area contributed by atoms with Gasteiger partial charge in [0.1, 0.15) is 5.76 Å². The highest BCUT2D eigenvalue weighted by atomic mass is 16.4. The van der Waals surface area contributed by atoms with Gasteiger partial charge in [-0.15, -0.1) is 0 Å². The third-order valence-corrected chi connectivity index (χ3v) is 16.1. The molecule has 5 heterocycles. The van der Waals surface area contributed by atoms with E-state index in [0.717, 1.165) is 45.4 Å². The number of benzene rings is 8. The van der Waals surface area contributed by atoms with Crippen LogP contribution in [0.4, 0.5) is 17.3 Å². The third-order valence-electron chi connectivity index (χ3n) is 16.1. The first kappa shape index (κ1) is 45.4. The molecule has 11 aromatic rings. The minimum absolute atomic E-state index is 0.00628. The SMILES string of the molecule is CC(C)(C)c1ccc(N2c3cc(C(C)(C)C)cc4c3B(c3c2oc(-c2ccccc2)c3-c2ccccc2)n2c3ccc(C(C)(C)C)cc3c3c2c-4cc2c4cc(C(C)(C)C)ccc4n(-c4ccccc4)c23)cc1. The standard InChI is InChI=1S/C68H64BN3O/c1-65(2,3)43-28-32-48(33-29-43)71-56-39-46(68(10,11)12)38-50-52-40-51-49-36-44(66(4,5)6)30-34-54(49)70(47-26-20-15-21-27-47)61(51)58-53-37-45(67(7,8)9)31-35-55(53)72(62(52)58)69(59(50)56)60-57(41-22-16-13-17-23-41)63(73-64(60)71)42-24-18-14-19-25-42/h13-40H,1-12H3. The molecule has 0 unspecified atom stereocenters. The van der Waals surface area contributed by atoms with Crippen molar-refractivity contribution >= 4 is 78.6 Å². The predicted molar refractivity (Wildman–Crippen MR) is 312 cm³/mol. The van der Waals surface area contributed by atoms with E-state index in [2.05, 4.69) is 267 Å². The first-order chi connectivity index (χ1) is 34.8. The second-order valence-electron chi connectivity index (χ2n) is 25.0. The van der Waals surface area contributed by atoms with E-state index in [4.69, 9.17) is 4.42 Å². The normalized spacial score (nSPS) is 13.7. The van der Waals surface area contributed by atoms with Crippen molar-refractivity contribution in [2.45, 2.75) is 105 Å². The number of hydrogen-bond acceptors (Lipinski definition) is 2. The second-order valence-corrected chi connectivity index (χ2v) is 25.0. The van der Waals surface area contributed by atoms with Crippen LogP contribution in [0.2, 0.25) is 0 Å². The Balaban J connectivity index is 1.28. The van der Waals surface area contributed by atoms with Crippen LogP contribution in [0.5, 0.6) is 0 Å². The summed E-state index contributed by atoms with van der Waals surface area (Å²) < 4.78 is 13.0. The van der Waals surface area contributed by atoms with Gasteiger partial charge in [0, 0.05) is 71.8 Å². The maximum Gasteiger partial charge on any atom is 0.337 e. The number of rotatable bonds is 4. The Kier molecular flexibility index (Phi) is 9.64. The smallest absolute Gasteiger partial charge is 0.337 e. The average molecular weight is 950 g/mol. The molecule has 0 N–H and O–H groups in total. The fraction of sp³-hybridized carbons (Fsp3) is 0.235. The molecular weight excluding hydrogens is 886 g/mol. The summed E-state index contributed by atoms with van der Waals surface area (Å²) in [7, 11) is 0. The lowest BCUT2D eigenvalue weighted by Crippen LogP contribution is -2.56. The molecule has 2 aliphatic rings. The molecule has 4 nitrogen and oxygen atoms in total. The third kappa shape index (κ3) is 6.80. The number of anilines is 3. The Morgan fingerprint density at radius 2 is 0.959 bits per heavy atom. The highest BCUT2D eigenvalue weighted by Gasteiger charge is 2.48. The largest absolute Gasteiger partial charge is 0.440 e. The minimum atomic E-state index is -0.247. The highest BCUT2D eigenvalue weighted by Crippen LogP contribution is 2.53. The van der Waals surface area contributed by atoms with Crippen LogP contribution < -0.4 is 15.8 Å². The summed E-state index contributed by atoms with van der Waals surface area (Å²) in [5.41, 5.74) is 21.6. The molecule has 0 spiro atoms. The molecule has 0 atom stereocenters. The molecule has 0 fully saturated rings. The van der Waals surface area contributed by atoms with Crippen molar-refractivity contribution in [1.29, 1.82) is 0 Å². The molecule has 0 saturated carbocycles. The maximum absolute atomic E-state index is 7.69. The Morgan fingerprint density at radius 3 is 1.56 bits per heavy atom. The van der Waals surface area contributed by atoms with Crippen molar-refractivity contribution in [2.24, 2.45) is 0 Å². The molecule has 8 aromatic carbocycles. The summed E-state index contributed by atoms with van der Waals surface area (Å²) in [6.45, 7) is 27.7. The molecule has 0 radical (unpaired) electrons. The van der Waals surface area contributed by atoms with E-state index in [0.29, 0.717) is 0 Å². The van der Waals surface area contributed by atoms with Gasteiger partial charge in [-0.1, -0.05) is 192 Å². The van der Waals surface area contributed by atoms with Crippen LogP contribution in [-0.4, -0.2) is 15.9 Å². The maximum atomic E-state index is 7.69. The number of para-hydroxylation sites is 1. The quantitative estimate of drug-likeness (QED) is 0.164. The van der Waals surface area contributed by atoms with Crippen LogP contribution >= 0.6 is 0 Å². The highest BCUT2D eigenvalue weighted by molar-refractivity contribution is 6.91. The van der Waals surface area contributed by atoms with Gasteiger partial charge in [-0.2, -0.15) is 0 Å². The minimum Gasteiger partial charge on any atom is -0.440 e. The first-order valence-electron chi connectivity index (χ1n) is 26.3. The summed E-state index contributed by atoms with van der Waals surface area (Å²) in [5, 5.41) is 5.10. The number of nitrogens with zero attached hydrogens (tertiary/aromatic N) is 3. The monoisotopic (exact) mass is 950 g/mol. The van der Waals surface area contributed by atoms with E-state index in [1.54, 1.807) is 0 Å². The lowest BCUT2D eigenvalue weighted by atomic mass is 9.44. The van der Waals surface area contributed by atoms with E-state index in [9.17, 15) is 0 Å². The summed E-state index contributed by atoms with van der Waals surface area (Å²) >= 11 is 0. The fourth-order valence-electron chi connectivity index (χ4n) is 12.2. The van der Waals surface area contributed by atoms with E-state index < -0.39 is 0 Å². The zero-order valence-corrected chi connectivity index (χ0v) is 44.5. The number of hydrogen-bond donors (Lipinski definition) is 0. The topological polar surface area (TPSA) is 26.2 Å². The number of aromatic nitrogens is 2. The van der Waals surface area contributed by atoms with Crippen LogP contribution in [0.25, 0.3) is 82.9 Å². The molecule has 13 rings (SSSR count). The molecule has 73 heavy (non-hydrogen) atoms. The van der Waals surface area contributed by atoms with Crippen LogP contribution in [0.15, 0.2) is 174 Å². The van der Waals surface area contributed by atoms with Crippen molar-refractivity contribution in [3.05, 3.63) is 192 Å². The summed E-state index contributed by atoms with van der Waals surface area (Å²) in [6, 6.07) is 64.2. The molecule has 3 aromatic heterocycles. The zero-order chi connectivity index (χ0) is 50.7. The number of fused-ring (bicyclic) bond motifs is 11. The van der Waals surface area contributed by atoms with Gasteiger partial charge in [0.15, 0.2) is 0 Å². The Labute approximate surface area is 431 Å². The summed E-state index contributed by atoms with van der Waals surface area (Å²) in [6.07, 6.45) is 0. The van der Waals surface area contributed by atoms with Crippen molar-refractivity contribution in [3.63, 3.8) is 0 Å². The lowest BCUT2D eigenvalue weighted by Gasteiger charge is -2.39. The van der Waals surface area contributed by atoms with E-state index in [1.807, 2.05) is 0 Å². The molecule has 0 saturated heterocycles. The molecule has 360 valence electrons. The van der Waals surface area contributed by atoms with Crippen molar-refractivity contribution in [3.8, 4) is 39.3 Å². The molecule has 2 aliphatic heterocycles. The van der Waals surface area contributed by atoms with Crippen LogP contribution in [-0.2, 0) is 21.7 Å². The van der Waals surface area contributed by atoms with E-state index in [-0.39, 0.29) is 28.5 Å². The van der Waals surface area contributed by atoms with E-state index in [1.165, 1.54) is 87.9 Å². The predicted octanol–water partition coefficient (Wildman–Crippen LogP) is 17.4. The Hall–Kier alpha value is -7.50. The van der Waals surface area contributed by atoms with Crippen LogP contribution in [0.1, 0.15) is 105 Å². The average Bonchev–Trinajstić information content (AvgIpc) is 4.04. The van der Waals surface area contributed by atoms with Crippen LogP contribution in [0, 0.1) is 0 Å². The first-order valence-corrected chi connectivity index (χ1v) is 26.3. The van der Waals surface area contributed by atoms with Crippen molar-refractivity contribution in [2.75, 3.05) is 4.90 Å². The molecular formula is C68H64BN3O.